The molecule has 4 N–H and O–H groups in total. The van der Waals surface area contributed by atoms with E-state index in [9.17, 15) is 9.59 Å². The third-order valence-corrected chi connectivity index (χ3v) is 7.07. The van der Waals surface area contributed by atoms with Gasteiger partial charge in [0.05, 0.1) is 38.7 Å². The Balaban J connectivity index is 1.29. The maximum atomic E-state index is 12.6. The fourth-order valence-electron chi connectivity index (χ4n) is 3.97. The van der Waals surface area contributed by atoms with Crippen LogP contribution in [0.5, 0.6) is 0 Å². The second kappa shape index (κ2) is 9.90. The van der Waals surface area contributed by atoms with Crippen LogP contribution < -0.4 is 20.4 Å². The van der Waals surface area contributed by atoms with Crippen LogP contribution in [0, 0.1) is 0 Å². The minimum absolute atomic E-state index is 0.00504. The van der Waals surface area contributed by atoms with Crippen LogP contribution >= 0.6 is 11.8 Å². The smallest absolute Gasteiger partial charge is 0.294 e. The highest BCUT2D eigenvalue weighted by atomic mass is 32.2. The number of anilines is 1. The third-order valence-electron chi connectivity index (χ3n) is 5.68. The summed E-state index contributed by atoms with van der Waals surface area (Å²) < 4.78 is 10.8. The molecule has 8 nitrogen and oxygen atoms in total. The first kappa shape index (κ1) is 20.6. The highest BCUT2D eigenvalue weighted by Crippen LogP contribution is 2.34. The van der Waals surface area contributed by atoms with Gasteiger partial charge in [0, 0.05) is 23.4 Å². The van der Waals surface area contributed by atoms with E-state index in [-0.39, 0.29) is 17.2 Å². The molecule has 158 valence electrons. The van der Waals surface area contributed by atoms with E-state index >= 15 is 0 Å². The molecule has 0 aromatic heterocycles. The highest BCUT2D eigenvalue weighted by molar-refractivity contribution is 8.00. The Kier molecular flexibility index (Phi) is 7.04. The number of thioether (sulfide) groups is 1. The Bertz CT molecular complexity index is 735. The van der Waals surface area contributed by atoms with Crippen LogP contribution in [0.25, 0.3) is 0 Å². The molecule has 1 atom stereocenters. The summed E-state index contributed by atoms with van der Waals surface area (Å²) in [5.41, 5.74) is 1.31. The second-order valence-electron chi connectivity index (χ2n) is 7.69. The maximum Gasteiger partial charge on any atom is 0.294 e. The molecule has 0 bridgehead atoms. The van der Waals surface area contributed by atoms with Crippen molar-refractivity contribution >= 4 is 29.3 Å². The molecule has 2 saturated heterocycles. The van der Waals surface area contributed by atoms with Gasteiger partial charge in [0.1, 0.15) is 26.2 Å². The number of carbonyl (C=O) groups is 2. The van der Waals surface area contributed by atoms with E-state index in [0.717, 1.165) is 62.9 Å². The number of quaternary nitrogens is 2. The Morgan fingerprint density at radius 3 is 2.62 bits per heavy atom. The van der Waals surface area contributed by atoms with Gasteiger partial charge in [-0.05, 0) is 18.2 Å². The zero-order chi connectivity index (χ0) is 20.1. The summed E-state index contributed by atoms with van der Waals surface area (Å²) in [4.78, 5) is 28.9. The summed E-state index contributed by atoms with van der Waals surface area (Å²) in [6, 6.07) is 5.57. The molecular formula is C20H30N4O4S+2. The minimum atomic E-state index is -0.159. The van der Waals surface area contributed by atoms with Crippen molar-refractivity contribution < 1.29 is 28.9 Å². The van der Waals surface area contributed by atoms with E-state index in [1.807, 2.05) is 12.1 Å². The molecule has 4 rings (SSSR count). The van der Waals surface area contributed by atoms with Crippen molar-refractivity contribution in [1.82, 2.24) is 5.32 Å². The van der Waals surface area contributed by atoms with E-state index in [4.69, 9.17) is 9.47 Å². The monoisotopic (exact) mass is 422 g/mol. The van der Waals surface area contributed by atoms with Crippen LogP contribution in [0.3, 0.4) is 0 Å². The molecule has 3 aliphatic heterocycles. The molecule has 0 saturated carbocycles. The van der Waals surface area contributed by atoms with E-state index in [1.54, 1.807) is 17.8 Å². The zero-order valence-electron chi connectivity index (χ0n) is 16.6. The Morgan fingerprint density at radius 1 is 1.14 bits per heavy atom. The van der Waals surface area contributed by atoms with Gasteiger partial charge in [-0.3, -0.25) is 9.59 Å². The largest absolute Gasteiger partial charge is 0.370 e. The van der Waals surface area contributed by atoms with Gasteiger partial charge >= 0.3 is 0 Å². The average Bonchev–Trinajstić information content (AvgIpc) is 2.77. The molecule has 3 heterocycles. The Hall–Kier alpha value is -1.65. The third kappa shape index (κ3) is 5.29. The first-order valence-corrected chi connectivity index (χ1v) is 11.3. The van der Waals surface area contributed by atoms with Gasteiger partial charge in [-0.1, -0.05) is 11.8 Å². The van der Waals surface area contributed by atoms with Gasteiger partial charge in [0.25, 0.3) is 11.8 Å². The molecule has 9 heteroatoms. The predicted octanol–water partition coefficient (Wildman–Crippen LogP) is -1.99. The molecule has 1 aromatic carbocycles. The zero-order valence-corrected chi connectivity index (χ0v) is 17.4. The lowest BCUT2D eigenvalue weighted by molar-refractivity contribution is -0.909. The number of ether oxygens (including phenoxy) is 2. The summed E-state index contributed by atoms with van der Waals surface area (Å²) in [7, 11) is 0. The number of amides is 2. The number of fused-ring (bicyclic) bond motifs is 1. The average molecular weight is 423 g/mol. The van der Waals surface area contributed by atoms with E-state index < -0.39 is 0 Å². The minimum Gasteiger partial charge on any atom is -0.370 e. The number of rotatable bonds is 6. The van der Waals surface area contributed by atoms with Gasteiger partial charge < -0.3 is 29.9 Å². The lowest BCUT2D eigenvalue weighted by Gasteiger charge is -2.32. The Labute approximate surface area is 175 Å². The number of carbonyl (C=O) groups excluding carboxylic acids is 2. The van der Waals surface area contributed by atoms with Crippen molar-refractivity contribution in [1.29, 1.82) is 0 Å². The molecule has 1 aromatic rings. The van der Waals surface area contributed by atoms with Gasteiger partial charge in [-0.25, -0.2) is 0 Å². The predicted molar refractivity (Wildman–Crippen MR) is 110 cm³/mol. The Morgan fingerprint density at radius 2 is 1.86 bits per heavy atom. The molecule has 3 aliphatic rings. The van der Waals surface area contributed by atoms with Crippen LogP contribution in [-0.2, 0) is 14.3 Å². The fourth-order valence-corrected chi connectivity index (χ4v) is 5.17. The van der Waals surface area contributed by atoms with Crippen molar-refractivity contribution in [2.24, 2.45) is 0 Å². The van der Waals surface area contributed by atoms with Gasteiger partial charge in [0.15, 0.2) is 0 Å². The quantitative estimate of drug-likeness (QED) is 0.399. The molecule has 29 heavy (non-hydrogen) atoms. The van der Waals surface area contributed by atoms with Crippen LogP contribution in [0.4, 0.5) is 5.69 Å². The van der Waals surface area contributed by atoms with Crippen LogP contribution in [0.2, 0.25) is 0 Å². The summed E-state index contributed by atoms with van der Waals surface area (Å²) in [6.45, 7) is 8.52. The van der Waals surface area contributed by atoms with E-state index in [2.05, 4.69) is 10.6 Å². The lowest BCUT2D eigenvalue weighted by Crippen LogP contribution is -3.18. The second-order valence-corrected chi connectivity index (χ2v) is 8.84. The molecule has 1 unspecified atom stereocenters. The number of nitrogens with one attached hydrogen (secondary N) is 4. The standard InChI is InChI=1S/C20H28N4O4S/c25-18(21-4-1-5-23-6-10-27-11-7-23)15-2-3-17-16(14-15)22-19(26)20(29-17)24-8-12-28-13-9-24/h2-3,14,20H,1,4-13H2,(H,21,25)(H,22,26)/p+2. The van der Waals surface area contributed by atoms with Crippen molar-refractivity contribution in [3.8, 4) is 0 Å². The number of hydrogen-bond donors (Lipinski definition) is 4. The van der Waals surface area contributed by atoms with Crippen molar-refractivity contribution in [2.75, 3.05) is 71.0 Å². The molecule has 2 amide bonds. The maximum absolute atomic E-state index is 12.6. The van der Waals surface area contributed by atoms with E-state index in [1.165, 1.54) is 9.80 Å². The lowest BCUT2D eigenvalue weighted by atomic mass is 10.1. The van der Waals surface area contributed by atoms with Crippen molar-refractivity contribution in [3.05, 3.63) is 23.8 Å². The fraction of sp³-hybridized carbons (Fsp3) is 0.600. The topological polar surface area (TPSA) is 85.5 Å². The molecule has 0 spiro atoms. The van der Waals surface area contributed by atoms with Crippen molar-refractivity contribution in [3.63, 3.8) is 0 Å². The summed E-state index contributed by atoms with van der Waals surface area (Å²) >= 11 is 1.58. The van der Waals surface area contributed by atoms with Crippen LogP contribution in [0.15, 0.2) is 23.1 Å². The normalized spacial score (nSPS) is 23.3. The van der Waals surface area contributed by atoms with Gasteiger partial charge in [-0.15, -0.1) is 0 Å². The first-order chi connectivity index (χ1) is 14.2. The summed E-state index contributed by atoms with van der Waals surface area (Å²) in [6.07, 6.45) is 0.947. The first-order valence-electron chi connectivity index (χ1n) is 10.4. The van der Waals surface area contributed by atoms with Gasteiger partial charge in [-0.2, -0.15) is 0 Å². The molecule has 0 radical (unpaired) electrons. The van der Waals surface area contributed by atoms with Crippen LogP contribution in [0.1, 0.15) is 16.8 Å². The number of morpholine rings is 2. The van der Waals surface area contributed by atoms with Crippen molar-refractivity contribution in [2.45, 2.75) is 16.7 Å². The SMILES string of the molecule is O=C(NCCC[NH+]1CCOCC1)c1ccc2c(c1)NC(=O)C([NH+]1CCOCC1)S2. The molecule has 2 fully saturated rings. The molecule has 0 aliphatic carbocycles. The number of benzene rings is 1. The van der Waals surface area contributed by atoms with Crippen LogP contribution in [-0.4, -0.2) is 82.9 Å². The molecular weight excluding hydrogens is 392 g/mol. The summed E-state index contributed by atoms with van der Waals surface area (Å²) in [5.74, 6) is -0.0876. The summed E-state index contributed by atoms with van der Waals surface area (Å²) in [5, 5.41) is 5.83. The number of hydrogen-bond acceptors (Lipinski definition) is 5. The highest BCUT2D eigenvalue weighted by Gasteiger charge is 2.36. The van der Waals surface area contributed by atoms with Gasteiger partial charge in [0.2, 0.25) is 5.37 Å². The van der Waals surface area contributed by atoms with E-state index in [0.29, 0.717) is 25.3 Å².